The molecule has 10 heteroatoms. The molecule has 0 fully saturated rings. The maximum absolute atomic E-state index is 12.4. The summed E-state index contributed by atoms with van der Waals surface area (Å²) in [6, 6.07) is 9.25. The Hall–Kier alpha value is -2.45. The first kappa shape index (κ1) is 17.9. The van der Waals surface area contributed by atoms with Gasteiger partial charge in [-0.25, -0.2) is 4.99 Å². The fourth-order valence-corrected chi connectivity index (χ4v) is 3.25. The van der Waals surface area contributed by atoms with Crippen LogP contribution >= 0.6 is 23.2 Å². The number of ether oxygens (including phenoxy) is 1. The molecule has 5 nitrogen and oxygen atoms in total. The molecule has 2 aromatic rings. The summed E-state index contributed by atoms with van der Waals surface area (Å²) in [5.74, 6) is 0.638. The first-order valence-corrected chi connectivity index (χ1v) is 8.59. The van der Waals surface area contributed by atoms with E-state index in [4.69, 9.17) is 23.2 Å². The average Bonchev–Trinajstić information content (AvgIpc) is 3.07. The maximum Gasteiger partial charge on any atom is 0.573 e. The van der Waals surface area contributed by atoms with Crippen LogP contribution in [0.2, 0.25) is 10.0 Å². The second-order valence-electron chi connectivity index (χ2n) is 5.77. The Morgan fingerprint density at radius 3 is 2.67 bits per heavy atom. The summed E-state index contributed by atoms with van der Waals surface area (Å²) in [4.78, 5) is 11.0. The van der Waals surface area contributed by atoms with Gasteiger partial charge in [0.1, 0.15) is 5.75 Å². The van der Waals surface area contributed by atoms with Gasteiger partial charge in [0, 0.05) is 17.3 Å². The summed E-state index contributed by atoms with van der Waals surface area (Å²) in [5.41, 5.74) is 2.03. The molecule has 2 aliphatic heterocycles. The van der Waals surface area contributed by atoms with Crippen molar-refractivity contribution in [3.8, 4) is 5.75 Å². The third-order valence-corrected chi connectivity index (χ3v) is 4.46. The minimum absolute atomic E-state index is 0.175. The zero-order valence-corrected chi connectivity index (χ0v) is 15.0. The van der Waals surface area contributed by atoms with E-state index in [1.165, 1.54) is 12.1 Å². The van der Waals surface area contributed by atoms with Gasteiger partial charge in [-0.15, -0.1) is 13.2 Å². The molecule has 0 amide bonds. The number of anilines is 2. The highest BCUT2D eigenvalue weighted by Gasteiger charge is 2.32. The Bertz CT molecular complexity index is 975. The highest BCUT2D eigenvalue weighted by atomic mass is 35.5. The lowest BCUT2D eigenvalue weighted by atomic mass is 10.2. The molecule has 0 unspecified atom stereocenters. The van der Waals surface area contributed by atoms with E-state index in [-0.39, 0.29) is 5.02 Å². The molecule has 27 heavy (non-hydrogen) atoms. The molecule has 0 spiro atoms. The Morgan fingerprint density at radius 2 is 1.93 bits per heavy atom. The van der Waals surface area contributed by atoms with E-state index < -0.39 is 12.1 Å². The van der Waals surface area contributed by atoms with Gasteiger partial charge in [0.05, 0.1) is 22.9 Å². The van der Waals surface area contributed by atoms with E-state index in [9.17, 15) is 13.2 Å². The van der Waals surface area contributed by atoms with Crippen molar-refractivity contribution in [2.45, 2.75) is 6.36 Å². The Balaban J connectivity index is 1.64. The van der Waals surface area contributed by atoms with Gasteiger partial charge in [-0.2, -0.15) is 0 Å². The van der Waals surface area contributed by atoms with Crippen molar-refractivity contribution < 1.29 is 17.9 Å². The van der Waals surface area contributed by atoms with Gasteiger partial charge in [-0.05, 0) is 36.4 Å². The summed E-state index contributed by atoms with van der Waals surface area (Å²) in [6.07, 6.45) is -4.81. The van der Waals surface area contributed by atoms with Gasteiger partial charge in [-0.3, -0.25) is 4.99 Å². The minimum Gasteiger partial charge on any atom is -0.404 e. The third kappa shape index (κ3) is 3.68. The normalized spacial score (nSPS) is 15.7. The van der Waals surface area contributed by atoms with Crippen molar-refractivity contribution in [3.05, 3.63) is 46.4 Å². The van der Waals surface area contributed by atoms with Crippen molar-refractivity contribution in [3.63, 3.8) is 0 Å². The Labute approximate surface area is 162 Å². The second-order valence-corrected chi connectivity index (χ2v) is 6.61. The predicted molar refractivity (Wildman–Crippen MR) is 100.0 cm³/mol. The van der Waals surface area contributed by atoms with E-state index in [2.05, 4.69) is 20.0 Å². The van der Waals surface area contributed by atoms with E-state index in [0.29, 0.717) is 41.2 Å². The molecule has 0 saturated carbocycles. The lowest BCUT2D eigenvalue weighted by Gasteiger charge is -2.27. The minimum atomic E-state index is -4.81. The zero-order valence-electron chi connectivity index (χ0n) is 13.5. The van der Waals surface area contributed by atoms with E-state index in [1.807, 2.05) is 11.0 Å². The zero-order chi connectivity index (χ0) is 19.2. The van der Waals surface area contributed by atoms with Crippen molar-refractivity contribution >= 4 is 51.9 Å². The predicted octanol–water partition coefficient (Wildman–Crippen LogP) is 5.27. The lowest BCUT2D eigenvalue weighted by molar-refractivity contribution is -0.274. The van der Waals surface area contributed by atoms with Gasteiger partial charge in [0.15, 0.2) is 11.7 Å². The average molecular weight is 415 g/mol. The Kier molecular flexibility index (Phi) is 4.39. The van der Waals surface area contributed by atoms with Crippen LogP contribution in [-0.2, 0) is 0 Å². The molecule has 140 valence electrons. The monoisotopic (exact) mass is 414 g/mol. The number of rotatable bonds is 2. The summed E-state index contributed by atoms with van der Waals surface area (Å²) < 4.78 is 41.0. The van der Waals surface area contributed by atoms with Crippen molar-refractivity contribution in [2.24, 2.45) is 9.98 Å². The number of fused-ring (bicyclic) bond motifs is 3. The van der Waals surface area contributed by atoms with E-state index in [1.54, 1.807) is 12.1 Å². The molecule has 0 aromatic heterocycles. The van der Waals surface area contributed by atoms with Gasteiger partial charge in [-0.1, -0.05) is 23.2 Å². The summed E-state index contributed by atoms with van der Waals surface area (Å²) in [5, 5.41) is 3.48. The van der Waals surface area contributed by atoms with Crippen LogP contribution in [0, 0.1) is 0 Å². The van der Waals surface area contributed by atoms with Crippen LogP contribution in [0.1, 0.15) is 0 Å². The largest absolute Gasteiger partial charge is 0.573 e. The third-order valence-electron chi connectivity index (χ3n) is 3.93. The van der Waals surface area contributed by atoms with Crippen LogP contribution in [0.3, 0.4) is 0 Å². The number of halogens is 5. The number of nitrogens with zero attached hydrogens (tertiary/aromatic N) is 3. The molecule has 0 radical (unpaired) electrons. The smallest absolute Gasteiger partial charge is 0.404 e. The topological polar surface area (TPSA) is 49.2 Å². The number of alkyl halides is 3. The molecule has 0 aliphatic carbocycles. The molecule has 2 aliphatic rings. The molecule has 2 aromatic carbocycles. The van der Waals surface area contributed by atoms with Gasteiger partial charge >= 0.3 is 6.36 Å². The highest BCUT2D eigenvalue weighted by molar-refractivity contribution is 6.51. The number of hydrogen-bond donors (Lipinski definition) is 1. The first-order chi connectivity index (χ1) is 12.8. The quantitative estimate of drug-likeness (QED) is 0.728. The van der Waals surface area contributed by atoms with Gasteiger partial charge in [0.25, 0.3) is 0 Å². The molecule has 0 bridgehead atoms. The van der Waals surface area contributed by atoms with Gasteiger partial charge < -0.3 is 15.0 Å². The van der Waals surface area contributed by atoms with Gasteiger partial charge in [0.2, 0.25) is 0 Å². The fourth-order valence-electron chi connectivity index (χ4n) is 2.87. The number of amidine groups is 2. The number of aliphatic imine (C=N–C) groups is 2. The lowest BCUT2D eigenvalue weighted by Crippen LogP contribution is -2.39. The second kappa shape index (κ2) is 6.61. The van der Waals surface area contributed by atoms with Crippen LogP contribution in [0.4, 0.5) is 30.2 Å². The number of nitrogens with one attached hydrogen (secondary N) is 1. The summed E-state index contributed by atoms with van der Waals surface area (Å²) >= 11 is 12.0. The SMILES string of the molecule is FC(F)(F)Oc1ccc(NC2=Nc3ccc(Cl)cc3N3CCN=C23)cc1Cl. The van der Waals surface area contributed by atoms with Crippen molar-refractivity contribution in [1.82, 2.24) is 0 Å². The fraction of sp³-hybridized carbons (Fsp3) is 0.176. The van der Waals surface area contributed by atoms with Crippen LogP contribution in [0.5, 0.6) is 5.75 Å². The standard InChI is InChI=1S/C17H11Cl2F3N4O/c18-9-1-3-12-13(7-9)26-6-5-23-16(26)15(25-12)24-10-2-4-14(11(19)8-10)27-17(20,21)22/h1-4,7-8H,5-6H2,(H,24,25). The van der Waals surface area contributed by atoms with Crippen LogP contribution in [0.15, 0.2) is 46.4 Å². The molecule has 2 heterocycles. The molecule has 4 rings (SSSR count). The number of benzene rings is 2. The van der Waals surface area contributed by atoms with Crippen molar-refractivity contribution in [1.29, 1.82) is 0 Å². The Morgan fingerprint density at radius 1 is 1.11 bits per heavy atom. The molecular weight excluding hydrogens is 404 g/mol. The van der Waals surface area contributed by atoms with E-state index in [0.717, 1.165) is 11.8 Å². The van der Waals surface area contributed by atoms with Crippen LogP contribution in [0.25, 0.3) is 0 Å². The molecular formula is C17H11Cl2F3N4O. The molecule has 1 N–H and O–H groups in total. The summed E-state index contributed by atoms with van der Waals surface area (Å²) in [7, 11) is 0. The number of hydrogen-bond acceptors (Lipinski definition) is 5. The highest BCUT2D eigenvalue weighted by Crippen LogP contribution is 2.37. The molecule has 0 saturated heterocycles. The van der Waals surface area contributed by atoms with Crippen molar-refractivity contribution in [2.75, 3.05) is 23.3 Å². The molecule has 0 atom stereocenters. The van der Waals surface area contributed by atoms with E-state index >= 15 is 0 Å². The summed E-state index contributed by atoms with van der Waals surface area (Å²) in [6.45, 7) is 1.28. The van der Waals surface area contributed by atoms with Crippen LogP contribution in [-0.4, -0.2) is 31.1 Å². The first-order valence-electron chi connectivity index (χ1n) is 7.83. The van der Waals surface area contributed by atoms with Crippen LogP contribution < -0.4 is 15.0 Å². The maximum atomic E-state index is 12.4.